The van der Waals surface area contributed by atoms with E-state index in [1.807, 2.05) is 0 Å². The quantitative estimate of drug-likeness (QED) is 0.660. The minimum absolute atomic E-state index is 0.0275. The molecule has 1 heterocycles. The largest absolute Gasteiger partial charge is 0.506 e. The molecule has 0 aliphatic carbocycles. The van der Waals surface area contributed by atoms with Gasteiger partial charge in [0.25, 0.3) is 0 Å². The van der Waals surface area contributed by atoms with Crippen molar-refractivity contribution in [3.05, 3.63) is 23.0 Å². The highest BCUT2D eigenvalue weighted by molar-refractivity contribution is 5.40. The topological polar surface area (TPSA) is 74.6 Å². The highest BCUT2D eigenvalue weighted by Crippen LogP contribution is 2.23. The van der Waals surface area contributed by atoms with Crippen molar-refractivity contribution < 1.29 is 28.1 Å². The summed E-state index contributed by atoms with van der Waals surface area (Å²) in [7, 11) is 0. The summed E-state index contributed by atoms with van der Waals surface area (Å²) in [4.78, 5) is 3.91. The molecule has 0 unspecified atom stereocenters. The minimum atomic E-state index is -4.33. The summed E-state index contributed by atoms with van der Waals surface area (Å²) in [5, 5.41) is 21.8. The maximum Gasteiger partial charge on any atom is 0.411 e. The van der Waals surface area contributed by atoms with Crippen molar-refractivity contribution in [2.75, 3.05) is 19.8 Å². The number of rotatable bonds is 7. The monoisotopic (exact) mass is 294 g/mol. The molecule has 0 saturated carbocycles. The number of ether oxygens (including phenoxy) is 1. The summed E-state index contributed by atoms with van der Waals surface area (Å²) in [6, 6.07) is 0. The Bertz CT molecular complexity index is 439. The second-order valence-electron chi connectivity index (χ2n) is 4.20. The zero-order chi connectivity index (χ0) is 15.2. The van der Waals surface area contributed by atoms with Gasteiger partial charge in [0.2, 0.25) is 0 Å². The van der Waals surface area contributed by atoms with E-state index in [1.165, 1.54) is 6.20 Å². The summed E-state index contributed by atoms with van der Waals surface area (Å²) in [6.45, 7) is 0.367. The third kappa shape index (κ3) is 5.32. The number of nitrogens with one attached hydrogen (secondary N) is 1. The summed E-state index contributed by atoms with van der Waals surface area (Å²) >= 11 is 0. The van der Waals surface area contributed by atoms with Crippen LogP contribution in [0.5, 0.6) is 5.75 Å². The molecule has 20 heavy (non-hydrogen) atoms. The zero-order valence-electron chi connectivity index (χ0n) is 11.0. The number of aliphatic hydroxyl groups is 1. The van der Waals surface area contributed by atoms with Gasteiger partial charge in [-0.1, -0.05) is 0 Å². The van der Waals surface area contributed by atoms with E-state index in [2.05, 4.69) is 15.0 Å². The van der Waals surface area contributed by atoms with Crippen LogP contribution in [0.2, 0.25) is 0 Å². The van der Waals surface area contributed by atoms with Crippen LogP contribution in [0.25, 0.3) is 0 Å². The van der Waals surface area contributed by atoms with E-state index in [-0.39, 0.29) is 32.1 Å². The molecule has 1 rings (SSSR count). The minimum Gasteiger partial charge on any atom is -0.506 e. The Labute approximate surface area is 114 Å². The summed E-state index contributed by atoms with van der Waals surface area (Å²) in [6.07, 6.45) is -2.88. The standard InChI is InChI=1S/C12H17F3N2O3/c1-8-11(19)10(9(6-18)4-17-8)5-16-2-3-20-7-12(13,14)15/h4,16,18-19H,2-3,5-7H2,1H3. The van der Waals surface area contributed by atoms with Crippen molar-refractivity contribution in [1.29, 1.82) is 0 Å². The van der Waals surface area contributed by atoms with E-state index in [0.717, 1.165) is 0 Å². The fourth-order valence-electron chi connectivity index (χ4n) is 1.56. The normalized spacial score (nSPS) is 11.8. The molecule has 0 amide bonds. The van der Waals surface area contributed by atoms with Crippen LogP contribution in [0.15, 0.2) is 6.20 Å². The van der Waals surface area contributed by atoms with Gasteiger partial charge in [0.1, 0.15) is 12.4 Å². The van der Waals surface area contributed by atoms with Crippen LogP contribution in [0.3, 0.4) is 0 Å². The number of aryl methyl sites for hydroxylation is 1. The van der Waals surface area contributed by atoms with Crippen LogP contribution in [0.1, 0.15) is 16.8 Å². The highest BCUT2D eigenvalue weighted by atomic mass is 19.4. The molecule has 114 valence electrons. The predicted octanol–water partition coefficient (Wildman–Crippen LogP) is 1.26. The zero-order valence-corrected chi connectivity index (χ0v) is 11.0. The number of halogens is 3. The van der Waals surface area contributed by atoms with Crippen LogP contribution >= 0.6 is 0 Å². The Kier molecular flexibility index (Phi) is 6.18. The lowest BCUT2D eigenvalue weighted by molar-refractivity contribution is -0.173. The van der Waals surface area contributed by atoms with E-state index in [1.54, 1.807) is 6.92 Å². The Balaban J connectivity index is 2.41. The average Bonchev–Trinajstić information content (AvgIpc) is 2.37. The third-order valence-electron chi connectivity index (χ3n) is 2.59. The lowest BCUT2D eigenvalue weighted by Crippen LogP contribution is -2.24. The number of aliphatic hydroxyl groups excluding tert-OH is 1. The first-order chi connectivity index (χ1) is 9.35. The van der Waals surface area contributed by atoms with Crippen molar-refractivity contribution in [3.8, 4) is 5.75 Å². The molecule has 8 heteroatoms. The Morgan fingerprint density at radius 2 is 2.10 bits per heavy atom. The molecule has 0 atom stereocenters. The molecule has 0 spiro atoms. The van der Waals surface area contributed by atoms with Crippen molar-refractivity contribution in [3.63, 3.8) is 0 Å². The maximum atomic E-state index is 11.8. The fourth-order valence-corrected chi connectivity index (χ4v) is 1.56. The molecular weight excluding hydrogens is 277 g/mol. The van der Waals surface area contributed by atoms with Crippen LogP contribution in [0.4, 0.5) is 13.2 Å². The number of alkyl halides is 3. The predicted molar refractivity (Wildman–Crippen MR) is 65.1 cm³/mol. The van der Waals surface area contributed by atoms with E-state index in [4.69, 9.17) is 5.11 Å². The molecule has 0 aliphatic rings. The van der Waals surface area contributed by atoms with Gasteiger partial charge < -0.3 is 20.3 Å². The number of nitrogens with zero attached hydrogens (tertiary/aromatic N) is 1. The molecule has 0 saturated heterocycles. The van der Waals surface area contributed by atoms with E-state index < -0.39 is 12.8 Å². The smallest absolute Gasteiger partial charge is 0.411 e. The number of pyridine rings is 1. The first-order valence-electron chi connectivity index (χ1n) is 5.97. The highest BCUT2D eigenvalue weighted by Gasteiger charge is 2.27. The van der Waals surface area contributed by atoms with Crippen molar-refractivity contribution in [2.45, 2.75) is 26.3 Å². The van der Waals surface area contributed by atoms with E-state index >= 15 is 0 Å². The Hall–Kier alpha value is -1.38. The van der Waals surface area contributed by atoms with Gasteiger partial charge in [0.15, 0.2) is 0 Å². The third-order valence-corrected chi connectivity index (χ3v) is 2.59. The summed E-state index contributed by atoms with van der Waals surface area (Å²) in [5.41, 5.74) is 1.37. The van der Waals surface area contributed by atoms with Crippen LogP contribution in [-0.2, 0) is 17.9 Å². The molecule has 0 bridgehead atoms. The summed E-state index contributed by atoms with van der Waals surface area (Å²) in [5.74, 6) is -0.0275. The Morgan fingerprint density at radius 1 is 1.40 bits per heavy atom. The van der Waals surface area contributed by atoms with Gasteiger partial charge in [-0.05, 0) is 6.92 Å². The number of aromatic nitrogens is 1. The number of aromatic hydroxyl groups is 1. The van der Waals surface area contributed by atoms with Gasteiger partial charge >= 0.3 is 6.18 Å². The molecule has 0 radical (unpaired) electrons. The molecule has 5 nitrogen and oxygen atoms in total. The lowest BCUT2D eigenvalue weighted by atomic mass is 10.1. The Morgan fingerprint density at radius 3 is 2.70 bits per heavy atom. The fraction of sp³-hybridized carbons (Fsp3) is 0.583. The first kappa shape index (κ1) is 16.7. The lowest BCUT2D eigenvalue weighted by Gasteiger charge is -2.12. The second kappa shape index (κ2) is 7.41. The summed E-state index contributed by atoms with van der Waals surface area (Å²) < 4.78 is 39.9. The average molecular weight is 294 g/mol. The van der Waals surface area contributed by atoms with Crippen LogP contribution < -0.4 is 5.32 Å². The number of hydrogen-bond acceptors (Lipinski definition) is 5. The van der Waals surface area contributed by atoms with Crippen molar-refractivity contribution >= 4 is 0 Å². The molecule has 1 aromatic rings. The molecule has 1 aromatic heterocycles. The van der Waals surface area contributed by atoms with Gasteiger partial charge in [-0.15, -0.1) is 0 Å². The molecule has 3 N–H and O–H groups in total. The van der Waals surface area contributed by atoms with Gasteiger partial charge in [0.05, 0.1) is 18.9 Å². The van der Waals surface area contributed by atoms with Gasteiger partial charge in [-0.3, -0.25) is 4.98 Å². The van der Waals surface area contributed by atoms with E-state index in [0.29, 0.717) is 16.8 Å². The van der Waals surface area contributed by atoms with Crippen molar-refractivity contribution in [1.82, 2.24) is 10.3 Å². The van der Waals surface area contributed by atoms with Crippen LogP contribution in [-0.4, -0.2) is 41.1 Å². The molecule has 0 aromatic carbocycles. The maximum absolute atomic E-state index is 11.8. The van der Waals surface area contributed by atoms with Gasteiger partial charge in [-0.25, -0.2) is 0 Å². The van der Waals surface area contributed by atoms with E-state index in [9.17, 15) is 18.3 Å². The second-order valence-corrected chi connectivity index (χ2v) is 4.20. The SMILES string of the molecule is Cc1ncc(CO)c(CNCCOCC(F)(F)F)c1O. The van der Waals surface area contributed by atoms with Gasteiger partial charge in [0, 0.05) is 30.4 Å². The van der Waals surface area contributed by atoms with Gasteiger partial charge in [-0.2, -0.15) is 13.2 Å². The van der Waals surface area contributed by atoms with Crippen molar-refractivity contribution in [2.24, 2.45) is 0 Å². The molecular formula is C12H17F3N2O3. The van der Waals surface area contributed by atoms with Crippen LogP contribution in [0, 0.1) is 6.92 Å². The molecule has 0 fully saturated rings. The molecule has 0 aliphatic heterocycles. The first-order valence-corrected chi connectivity index (χ1v) is 5.97. The number of hydrogen-bond donors (Lipinski definition) is 3.